The van der Waals surface area contributed by atoms with Crippen molar-refractivity contribution in [1.82, 2.24) is 19.1 Å². The van der Waals surface area contributed by atoms with Gasteiger partial charge in [-0.25, -0.2) is 18.9 Å². The third kappa shape index (κ3) is 11.5. The largest absolute Gasteiger partial charge is 0.508 e. The zero-order chi connectivity index (χ0) is 49.3. The van der Waals surface area contributed by atoms with Crippen LogP contribution in [0.2, 0.25) is 0 Å². The second-order valence-electron chi connectivity index (χ2n) is 16.0. The van der Waals surface area contributed by atoms with Crippen LogP contribution in [0.1, 0.15) is 53.1 Å². The monoisotopic (exact) mass is 972 g/mol. The van der Waals surface area contributed by atoms with Gasteiger partial charge in [0.05, 0.1) is 34.0 Å². The van der Waals surface area contributed by atoms with Crippen molar-refractivity contribution in [1.29, 1.82) is 0 Å². The lowest BCUT2D eigenvalue weighted by Crippen LogP contribution is -2.38. The molecule has 21 heteroatoms. The third-order valence-electron chi connectivity index (χ3n) is 11.5. The number of phosphoric ester groups is 1. The summed E-state index contributed by atoms with van der Waals surface area (Å²) in [6.07, 6.45) is -2.86. The summed E-state index contributed by atoms with van der Waals surface area (Å²) in [6, 6.07) is 24.2. The molecule has 1 unspecified atom stereocenters. The molecule has 0 aliphatic carbocycles. The van der Waals surface area contributed by atoms with Gasteiger partial charge in [0.25, 0.3) is 11.1 Å². The van der Waals surface area contributed by atoms with E-state index in [-0.39, 0.29) is 43.8 Å². The van der Waals surface area contributed by atoms with Crippen molar-refractivity contribution in [3.05, 3.63) is 186 Å². The summed E-state index contributed by atoms with van der Waals surface area (Å²) in [4.78, 5) is 68.0. The number of carbonyl (C=O) groups is 1. The average Bonchev–Trinajstić information content (AvgIpc) is 3.95. The van der Waals surface area contributed by atoms with Crippen LogP contribution in [0.15, 0.2) is 136 Å². The number of aromatic nitrogens is 4. The maximum atomic E-state index is 14.9. The van der Waals surface area contributed by atoms with Crippen LogP contribution in [0.3, 0.4) is 0 Å². The fourth-order valence-electron chi connectivity index (χ4n) is 8.02. The molecule has 0 spiro atoms. The average molecular weight is 973 g/mol. The van der Waals surface area contributed by atoms with E-state index < -0.39 is 85.6 Å². The molecule has 69 heavy (non-hydrogen) atoms. The molecule has 2 saturated heterocycles. The molecule has 7 rings (SSSR count). The molecule has 0 saturated carbocycles. The quantitative estimate of drug-likeness (QED) is 0.0387. The standard InChI is InChI=1S/C48H53N4O16P/c1-7-22-61-47(57)67-37-24-41(51-26-30(3)43(53)49-45(51)55)66-40(37)29-64-69(58,63-23-8-2)68-38-25-42(52-27-31(4)44(54)50-46(52)56)65-39(38)28-62-48(32-12-10-9-11-13-32,33-14-18-35(59-5)19-15-33)34-16-20-36(60-6)21-17-34/h7-21,26-27,37-42H,1-2,22-25,28-29H2,3-6H3,(H,49,53,55)(H,50,54,56)/t37-,38-,39+,40+,41+,42+,69?/m0/s1. The Balaban J connectivity index is 1.24. The number of aryl methyl sites for hydroxylation is 2. The number of carbonyl (C=O) groups excluding carboxylic acids is 1. The van der Waals surface area contributed by atoms with Crippen molar-refractivity contribution in [3.63, 3.8) is 0 Å². The number of rotatable bonds is 21. The van der Waals surface area contributed by atoms with E-state index in [9.17, 15) is 28.5 Å². The minimum Gasteiger partial charge on any atom is -0.497 e. The van der Waals surface area contributed by atoms with Crippen LogP contribution in [-0.2, 0) is 47.4 Å². The molecule has 2 aliphatic rings. The van der Waals surface area contributed by atoms with Crippen LogP contribution in [-0.4, -0.2) is 90.3 Å². The molecule has 3 aromatic carbocycles. The lowest BCUT2D eigenvalue weighted by Gasteiger charge is -2.37. The zero-order valence-corrected chi connectivity index (χ0v) is 39.2. The molecule has 7 atom stereocenters. The summed E-state index contributed by atoms with van der Waals surface area (Å²) >= 11 is 0. The van der Waals surface area contributed by atoms with Crippen LogP contribution in [0, 0.1) is 13.8 Å². The Morgan fingerprint density at radius 1 is 0.710 bits per heavy atom. The Hall–Kier alpha value is -6.64. The molecular formula is C48H53N4O16P. The van der Waals surface area contributed by atoms with E-state index in [2.05, 4.69) is 23.1 Å². The topological polar surface area (TPSA) is 236 Å². The number of methoxy groups -OCH3 is 2. The highest BCUT2D eigenvalue weighted by Gasteiger charge is 2.48. The molecular weight excluding hydrogens is 920 g/mol. The van der Waals surface area contributed by atoms with Crippen molar-refractivity contribution in [2.45, 2.75) is 69.2 Å². The van der Waals surface area contributed by atoms with Gasteiger partial charge in [-0.05, 0) is 54.8 Å². The second kappa shape index (κ2) is 22.2. The molecule has 2 aromatic heterocycles. The van der Waals surface area contributed by atoms with Gasteiger partial charge in [-0.15, -0.1) is 6.58 Å². The number of hydrogen-bond acceptors (Lipinski definition) is 16. The van der Waals surface area contributed by atoms with Crippen molar-refractivity contribution in [3.8, 4) is 11.5 Å². The van der Waals surface area contributed by atoms with E-state index in [1.54, 1.807) is 38.5 Å². The zero-order valence-electron chi connectivity index (χ0n) is 38.3. The van der Waals surface area contributed by atoms with Gasteiger partial charge in [0.15, 0.2) is 0 Å². The number of hydrogen-bond donors (Lipinski definition) is 2. The second-order valence-corrected chi connectivity index (χ2v) is 17.6. The number of H-pyrrole nitrogens is 2. The molecule has 2 N–H and O–H groups in total. The first-order valence-electron chi connectivity index (χ1n) is 21.8. The Morgan fingerprint density at radius 2 is 1.20 bits per heavy atom. The molecule has 20 nitrogen and oxygen atoms in total. The van der Waals surface area contributed by atoms with Gasteiger partial charge in [-0.1, -0.05) is 73.3 Å². The van der Waals surface area contributed by atoms with Crippen LogP contribution in [0.25, 0.3) is 0 Å². The van der Waals surface area contributed by atoms with E-state index in [1.165, 1.54) is 43.0 Å². The van der Waals surface area contributed by atoms with Crippen molar-refractivity contribution < 1.29 is 56.1 Å². The summed E-state index contributed by atoms with van der Waals surface area (Å²) in [5.74, 6) is 1.21. The van der Waals surface area contributed by atoms with Gasteiger partial charge in [-0.3, -0.25) is 42.3 Å². The Morgan fingerprint density at radius 3 is 1.71 bits per heavy atom. The highest BCUT2D eigenvalue weighted by molar-refractivity contribution is 7.48. The van der Waals surface area contributed by atoms with Gasteiger partial charge < -0.3 is 33.2 Å². The molecule has 4 heterocycles. The lowest BCUT2D eigenvalue weighted by molar-refractivity contribution is -0.0961. The summed E-state index contributed by atoms with van der Waals surface area (Å²) < 4.78 is 76.8. The maximum absolute atomic E-state index is 14.9. The Kier molecular flexibility index (Phi) is 16.2. The normalized spacial score (nSPS) is 21.0. The number of benzene rings is 3. The van der Waals surface area contributed by atoms with Crippen molar-refractivity contribution in [2.24, 2.45) is 0 Å². The predicted octanol–water partition coefficient (Wildman–Crippen LogP) is 5.72. The Labute approximate surface area is 395 Å². The van der Waals surface area contributed by atoms with Gasteiger partial charge in [0.1, 0.15) is 60.6 Å². The van der Waals surface area contributed by atoms with Gasteiger partial charge in [0.2, 0.25) is 0 Å². The van der Waals surface area contributed by atoms with E-state index in [4.69, 9.17) is 46.7 Å². The van der Waals surface area contributed by atoms with Crippen molar-refractivity contribution >= 4 is 14.0 Å². The number of aromatic amines is 2. The molecule has 2 fully saturated rings. The number of nitrogens with one attached hydrogen (secondary N) is 2. The fraction of sp³-hybridized carbons (Fsp3) is 0.354. The fourth-order valence-corrected chi connectivity index (χ4v) is 9.38. The van der Waals surface area contributed by atoms with Gasteiger partial charge in [-0.2, -0.15) is 0 Å². The van der Waals surface area contributed by atoms with E-state index in [0.717, 1.165) is 10.1 Å². The molecule has 366 valence electrons. The molecule has 0 amide bonds. The number of phosphoric acid groups is 1. The smallest absolute Gasteiger partial charge is 0.497 e. The molecule has 0 radical (unpaired) electrons. The van der Waals surface area contributed by atoms with E-state index in [1.807, 2.05) is 54.6 Å². The molecule has 0 bridgehead atoms. The lowest BCUT2D eigenvalue weighted by atomic mass is 9.80. The van der Waals surface area contributed by atoms with E-state index >= 15 is 0 Å². The highest BCUT2D eigenvalue weighted by atomic mass is 31.2. The first-order valence-corrected chi connectivity index (χ1v) is 23.2. The van der Waals surface area contributed by atoms with E-state index in [0.29, 0.717) is 22.6 Å². The highest BCUT2D eigenvalue weighted by Crippen LogP contribution is 2.54. The molecule has 2 aliphatic heterocycles. The van der Waals surface area contributed by atoms with Crippen LogP contribution < -0.4 is 32.0 Å². The number of nitrogens with zero attached hydrogens (tertiary/aromatic N) is 2. The minimum atomic E-state index is -4.73. The van der Waals surface area contributed by atoms with Crippen LogP contribution >= 0.6 is 7.82 Å². The first-order chi connectivity index (χ1) is 33.2. The maximum Gasteiger partial charge on any atom is 0.508 e. The van der Waals surface area contributed by atoms with Crippen LogP contribution in [0.5, 0.6) is 11.5 Å². The molecule has 5 aromatic rings. The number of ether oxygens (including phenoxy) is 7. The SMILES string of the molecule is C=CCOC(=O)O[C@H]1C[C@H](n2cc(C)c(=O)[nH]c2=O)O[C@@H]1COP(=O)(OCC=C)O[C@H]1C[C@H](n2cc(C)c(=O)[nH]c2=O)O[C@@H]1COC(c1ccccc1)(c1ccc(OC)cc1)c1ccc(OC)cc1. The summed E-state index contributed by atoms with van der Waals surface area (Å²) in [7, 11) is -1.61. The predicted molar refractivity (Wildman–Crippen MR) is 248 cm³/mol. The van der Waals surface area contributed by atoms with Crippen molar-refractivity contribution in [2.75, 3.05) is 40.6 Å². The third-order valence-corrected chi connectivity index (χ3v) is 12.9. The Bertz CT molecular complexity index is 2830. The minimum absolute atomic E-state index is 0.113. The van der Waals surface area contributed by atoms with Gasteiger partial charge in [0, 0.05) is 36.4 Å². The van der Waals surface area contributed by atoms with Gasteiger partial charge >= 0.3 is 25.4 Å². The van der Waals surface area contributed by atoms with Crippen LogP contribution in [0.4, 0.5) is 4.79 Å². The summed E-state index contributed by atoms with van der Waals surface area (Å²) in [6.45, 7) is 8.88. The first kappa shape index (κ1) is 50.2. The summed E-state index contributed by atoms with van der Waals surface area (Å²) in [5, 5.41) is 0. The summed E-state index contributed by atoms with van der Waals surface area (Å²) in [5.41, 5.74) is -1.53.